The van der Waals surface area contributed by atoms with Gasteiger partial charge in [-0.15, -0.1) is 0 Å². The van der Waals surface area contributed by atoms with Crippen molar-refractivity contribution in [3.8, 4) is 5.75 Å². The fourth-order valence-corrected chi connectivity index (χ4v) is 2.08. The zero-order valence-corrected chi connectivity index (χ0v) is 12.2. The maximum absolute atomic E-state index is 13.7. The molecule has 0 saturated carbocycles. The molecule has 0 aliphatic carbocycles. The highest BCUT2D eigenvalue weighted by molar-refractivity contribution is 9.10. The van der Waals surface area contributed by atoms with E-state index in [0.29, 0.717) is 11.3 Å². The van der Waals surface area contributed by atoms with Gasteiger partial charge < -0.3 is 10.5 Å². The summed E-state index contributed by atoms with van der Waals surface area (Å²) in [5, 5.41) is 0. The van der Waals surface area contributed by atoms with Crippen LogP contribution >= 0.6 is 15.9 Å². The number of hydrogen-bond donors (Lipinski definition) is 1. The van der Waals surface area contributed by atoms with E-state index in [1.807, 2.05) is 25.1 Å². The quantitative estimate of drug-likeness (QED) is 0.923. The molecule has 2 rings (SSSR count). The SMILES string of the molecule is Cc1cc(OC(CN)c2ccccc2F)ccc1Br. The van der Waals surface area contributed by atoms with Crippen molar-refractivity contribution in [3.05, 3.63) is 63.9 Å². The van der Waals surface area contributed by atoms with E-state index in [4.69, 9.17) is 10.5 Å². The van der Waals surface area contributed by atoms with Crippen LogP contribution in [0.2, 0.25) is 0 Å². The number of halogens is 2. The van der Waals surface area contributed by atoms with Gasteiger partial charge in [0, 0.05) is 16.6 Å². The van der Waals surface area contributed by atoms with E-state index in [9.17, 15) is 4.39 Å². The third kappa shape index (κ3) is 3.33. The molecule has 0 amide bonds. The monoisotopic (exact) mass is 323 g/mol. The Morgan fingerprint density at radius 2 is 2.00 bits per heavy atom. The molecular weight excluding hydrogens is 309 g/mol. The summed E-state index contributed by atoms with van der Waals surface area (Å²) in [4.78, 5) is 0. The number of hydrogen-bond acceptors (Lipinski definition) is 2. The highest BCUT2D eigenvalue weighted by Gasteiger charge is 2.15. The van der Waals surface area contributed by atoms with Gasteiger partial charge in [-0.3, -0.25) is 0 Å². The smallest absolute Gasteiger partial charge is 0.139 e. The summed E-state index contributed by atoms with van der Waals surface area (Å²) in [5.41, 5.74) is 7.22. The van der Waals surface area contributed by atoms with Crippen LogP contribution in [-0.4, -0.2) is 6.54 Å². The number of ether oxygens (including phenoxy) is 1. The largest absolute Gasteiger partial charge is 0.484 e. The molecule has 100 valence electrons. The Balaban J connectivity index is 2.24. The van der Waals surface area contributed by atoms with Crippen LogP contribution in [-0.2, 0) is 0 Å². The zero-order chi connectivity index (χ0) is 13.8. The second-order valence-corrected chi connectivity index (χ2v) is 5.13. The first-order chi connectivity index (χ1) is 9.11. The first kappa shape index (κ1) is 14.0. The molecular formula is C15H15BrFNO. The van der Waals surface area contributed by atoms with Crippen molar-refractivity contribution >= 4 is 15.9 Å². The summed E-state index contributed by atoms with van der Waals surface area (Å²) < 4.78 is 20.5. The molecule has 0 heterocycles. The van der Waals surface area contributed by atoms with Gasteiger partial charge in [0.05, 0.1) is 0 Å². The van der Waals surface area contributed by atoms with Crippen LogP contribution < -0.4 is 10.5 Å². The number of rotatable bonds is 4. The highest BCUT2D eigenvalue weighted by atomic mass is 79.9. The lowest BCUT2D eigenvalue weighted by Gasteiger charge is -2.19. The van der Waals surface area contributed by atoms with Crippen LogP contribution in [0.1, 0.15) is 17.2 Å². The maximum atomic E-state index is 13.7. The second-order valence-electron chi connectivity index (χ2n) is 4.27. The van der Waals surface area contributed by atoms with E-state index in [2.05, 4.69) is 15.9 Å². The molecule has 2 aromatic carbocycles. The predicted molar refractivity (Wildman–Crippen MR) is 77.7 cm³/mol. The van der Waals surface area contributed by atoms with Gasteiger partial charge in [-0.2, -0.15) is 0 Å². The van der Waals surface area contributed by atoms with E-state index in [1.54, 1.807) is 18.2 Å². The molecule has 4 heteroatoms. The van der Waals surface area contributed by atoms with Crippen molar-refractivity contribution in [2.75, 3.05) is 6.54 Å². The summed E-state index contributed by atoms with van der Waals surface area (Å²) in [6.07, 6.45) is -0.484. The second kappa shape index (κ2) is 6.17. The molecule has 0 fully saturated rings. The van der Waals surface area contributed by atoms with Gasteiger partial charge in [0.1, 0.15) is 17.7 Å². The minimum Gasteiger partial charge on any atom is -0.484 e. The van der Waals surface area contributed by atoms with Crippen LogP contribution in [0.5, 0.6) is 5.75 Å². The Morgan fingerprint density at radius 1 is 1.26 bits per heavy atom. The van der Waals surface area contributed by atoms with Gasteiger partial charge in [-0.25, -0.2) is 4.39 Å². The molecule has 0 aromatic heterocycles. The van der Waals surface area contributed by atoms with Gasteiger partial charge in [0.25, 0.3) is 0 Å². The minimum atomic E-state index is -0.484. The van der Waals surface area contributed by atoms with Gasteiger partial charge >= 0.3 is 0 Å². The Kier molecular flexibility index (Phi) is 4.56. The molecule has 0 spiro atoms. The first-order valence-electron chi connectivity index (χ1n) is 5.99. The van der Waals surface area contributed by atoms with Crippen LogP contribution in [0, 0.1) is 12.7 Å². The fourth-order valence-electron chi connectivity index (χ4n) is 1.83. The van der Waals surface area contributed by atoms with Crippen LogP contribution in [0.3, 0.4) is 0 Å². The average Bonchev–Trinajstić information content (AvgIpc) is 2.41. The van der Waals surface area contributed by atoms with E-state index in [-0.39, 0.29) is 12.4 Å². The number of benzene rings is 2. The summed E-state index contributed by atoms with van der Waals surface area (Å²) in [5.74, 6) is 0.381. The van der Waals surface area contributed by atoms with Gasteiger partial charge in [0.15, 0.2) is 0 Å². The molecule has 19 heavy (non-hydrogen) atoms. The molecule has 0 radical (unpaired) electrons. The topological polar surface area (TPSA) is 35.2 Å². The Hall–Kier alpha value is -1.39. The maximum Gasteiger partial charge on any atom is 0.139 e. The Morgan fingerprint density at radius 3 is 2.63 bits per heavy atom. The Bertz CT molecular complexity index is 574. The number of nitrogens with two attached hydrogens (primary N) is 1. The lowest BCUT2D eigenvalue weighted by atomic mass is 10.1. The predicted octanol–water partition coefficient (Wildman–Crippen LogP) is 3.98. The van der Waals surface area contributed by atoms with Crippen molar-refractivity contribution < 1.29 is 9.13 Å². The van der Waals surface area contributed by atoms with Gasteiger partial charge in [-0.05, 0) is 36.8 Å². The summed E-state index contributed by atoms with van der Waals surface area (Å²) in [7, 11) is 0. The van der Waals surface area contributed by atoms with Crippen LogP contribution in [0.4, 0.5) is 4.39 Å². The lowest BCUT2D eigenvalue weighted by Crippen LogP contribution is -2.19. The Labute approximate surface area is 120 Å². The molecule has 0 saturated heterocycles. The molecule has 2 N–H and O–H groups in total. The molecule has 2 aromatic rings. The standard InChI is InChI=1S/C15H15BrFNO/c1-10-8-11(6-7-13(10)16)19-15(9-18)12-4-2-3-5-14(12)17/h2-8,15H,9,18H2,1H3. The molecule has 0 bridgehead atoms. The molecule has 1 atom stereocenters. The van der Waals surface area contributed by atoms with E-state index in [1.165, 1.54) is 6.07 Å². The van der Waals surface area contributed by atoms with E-state index >= 15 is 0 Å². The molecule has 1 unspecified atom stereocenters. The third-order valence-corrected chi connectivity index (χ3v) is 3.76. The van der Waals surface area contributed by atoms with Crippen molar-refractivity contribution in [2.24, 2.45) is 5.73 Å². The van der Waals surface area contributed by atoms with Crippen LogP contribution in [0.15, 0.2) is 46.9 Å². The van der Waals surface area contributed by atoms with Crippen molar-refractivity contribution in [2.45, 2.75) is 13.0 Å². The van der Waals surface area contributed by atoms with Gasteiger partial charge in [-0.1, -0.05) is 34.1 Å². The lowest BCUT2D eigenvalue weighted by molar-refractivity contribution is 0.209. The highest BCUT2D eigenvalue weighted by Crippen LogP contribution is 2.26. The molecule has 2 nitrogen and oxygen atoms in total. The minimum absolute atomic E-state index is 0.218. The van der Waals surface area contributed by atoms with E-state index < -0.39 is 6.10 Å². The first-order valence-corrected chi connectivity index (χ1v) is 6.78. The zero-order valence-electron chi connectivity index (χ0n) is 10.6. The summed E-state index contributed by atoms with van der Waals surface area (Å²) in [6, 6.07) is 12.2. The number of aryl methyl sites for hydroxylation is 1. The summed E-state index contributed by atoms with van der Waals surface area (Å²) >= 11 is 3.43. The van der Waals surface area contributed by atoms with Crippen molar-refractivity contribution in [3.63, 3.8) is 0 Å². The normalized spacial score (nSPS) is 12.2. The van der Waals surface area contributed by atoms with Gasteiger partial charge in [0.2, 0.25) is 0 Å². The van der Waals surface area contributed by atoms with Crippen molar-refractivity contribution in [1.82, 2.24) is 0 Å². The molecule has 0 aliphatic rings. The van der Waals surface area contributed by atoms with Crippen LogP contribution in [0.25, 0.3) is 0 Å². The fraction of sp³-hybridized carbons (Fsp3) is 0.200. The van der Waals surface area contributed by atoms with Crippen molar-refractivity contribution in [1.29, 1.82) is 0 Å². The van der Waals surface area contributed by atoms with E-state index in [0.717, 1.165) is 10.0 Å². The third-order valence-electron chi connectivity index (χ3n) is 2.87. The summed E-state index contributed by atoms with van der Waals surface area (Å²) in [6.45, 7) is 2.19. The average molecular weight is 324 g/mol. The molecule has 0 aliphatic heterocycles.